The molecule has 0 atom stereocenters. The number of methoxy groups -OCH3 is 1. The van der Waals surface area contributed by atoms with E-state index in [9.17, 15) is 4.79 Å². The minimum atomic E-state index is -0.0307. The van der Waals surface area contributed by atoms with Crippen LogP contribution < -0.4 is 10.1 Å². The Hall–Kier alpha value is -2.38. The number of nitrogens with one attached hydrogen (secondary N) is 1. The van der Waals surface area contributed by atoms with Crippen LogP contribution in [0, 0.1) is 0 Å². The summed E-state index contributed by atoms with van der Waals surface area (Å²) < 4.78 is 6.10. The first-order valence-corrected chi connectivity index (χ1v) is 9.95. The van der Waals surface area contributed by atoms with E-state index < -0.39 is 0 Å². The van der Waals surface area contributed by atoms with E-state index in [2.05, 4.69) is 15.3 Å². The van der Waals surface area contributed by atoms with Crippen LogP contribution >= 0.6 is 23.1 Å². The molecule has 0 aliphatic carbocycles. The number of nitrogens with zero attached hydrogens (tertiary/aromatic N) is 2. The van der Waals surface area contributed by atoms with Crippen LogP contribution in [0.4, 0.5) is 0 Å². The maximum absolute atomic E-state index is 12.1. The van der Waals surface area contributed by atoms with Gasteiger partial charge in [-0.2, -0.15) is 0 Å². The molecule has 7 heteroatoms. The number of hydrogen-bond acceptors (Lipinski definition) is 6. The lowest BCUT2D eigenvalue weighted by molar-refractivity contribution is -0.120. The minimum Gasteiger partial charge on any atom is -0.497 e. The normalized spacial score (nSPS) is 10.5. The van der Waals surface area contributed by atoms with Gasteiger partial charge in [-0.3, -0.25) is 9.78 Å². The second kappa shape index (κ2) is 9.35. The van der Waals surface area contributed by atoms with Crippen molar-refractivity contribution in [1.82, 2.24) is 15.3 Å². The highest BCUT2D eigenvalue weighted by Gasteiger charge is 2.08. The van der Waals surface area contributed by atoms with Crippen LogP contribution in [0.5, 0.6) is 5.75 Å². The molecule has 0 aliphatic heterocycles. The van der Waals surface area contributed by atoms with Gasteiger partial charge in [-0.15, -0.1) is 11.3 Å². The molecule has 134 valence electrons. The number of pyridine rings is 1. The number of ether oxygens (including phenoxy) is 1. The first-order valence-electron chi connectivity index (χ1n) is 8.08. The van der Waals surface area contributed by atoms with Crippen molar-refractivity contribution in [2.45, 2.75) is 23.1 Å². The van der Waals surface area contributed by atoms with Crippen molar-refractivity contribution in [1.29, 1.82) is 0 Å². The molecule has 26 heavy (non-hydrogen) atoms. The molecule has 3 aromatic rings. The predicted molar refractivity (Wildman–Crippen MR) is 104 cm³/mol. The number of thioether (sulfide) groups is 1. The van der Waals surface area contributed by atoms with E-state index in [0.717, 1.165) is 27.1 Å². The number of rotatable bonds is 8. The number of thiazole rings is 1. The highest BCUT2D eigenvalue weighted by atomic mass is 32.2. The molecule has 3 rings (SSSR count). The first kappa shape index (κ1) is 18.4. The number of carbonyl (C=O) groups is 1. The van der Waals surface area contributed by atoms with Gasteiger partial charge in [0, 0.05) is 30.1 Å². The zero-order valence-electron chi connectivity index (χ0n) is 14.3. The van der Waals surface area contributed by atoms with E-state index in [1.807, 2.05) is 41.8 Å². The molecule has 2 heterocycles. The quantitative estimate of drug-likeness (QED) is 0.599. The summed E-state index contributed by atoms with van der Waals surface area (Å²) in [5, 5.41) is 4.87. The van der Waals surface area contributed by atoms with E-state index in [0.29, 0.717) is 13.0 Å². The van der Waals surface area contributed by atoms with Gasteiger partial charge >= 0.3 is 0 Å². The smallest absolute Gasteiger partial charge is 0.226 e. The molecule has 1 amide bonds. The lowest BCUT2D eigenvalue weighted by Gasteiger charge is -2.05. The van der Waals surface area contributed by atoms with Crippen LogP contribution in [0.1, 0.15) is 16.8 Å². The maximum atomic E-state index is 12.1. The van der Waals surface area contributed by atoms with E-state index in [1.54, 1.807) is 42.6 Å². The molecule has 0 saturated heterocycles. The Morgan fingerprint density at radius 3 is 2.65 bits per heavy atom. The zero-order valence-corrected chi connectivity index (χ0v) is 16.0. The molecular formula is C19H19N3O2S2. The summed E-state index contributed by atoms with van der Waals surface area (Å²) in [4.78, 5) is 20.7. The van der Waals surface area contributed by atoms with Crippen molar-refractivity contribution >= 4 is 29.0 Å². The van der Waals surface area contributed by atoms with Crippen molar-refractivity contribution in [3.63, 3.8) is 0 Å². The van der Waals surface area contributed by atoms with Gasteiger partial charge in [0.1, 0.15) is 10.1 Å². The van der Waals surface area contributed by atoms with Crippen molar-refractivity contribution in [2.75, 3.05) is 7.11 Å². The number of aromatic nitrogens is 2. The fraction of sp³-hybridized carbons (Fsp3) is 0.211. The van der Waals surface area contributed by atoms with Crippen LogP contribution in [-0.2, 0) is 23.5 Å². The third-order valence-electron chi connectivity index (χ3n) is 3.63. The Morgan fingerprint density at radius 2 is 1.92 bits per heavy atom. The van der Waals surface area contributed by atoms with Crippen molar-refractivity contribution < 1.29 is 9.53 Å². The monoisotopic (exact) mass is 385 g/mol. The summed E-state index contributed by atoms with van der Waals surface area (Å²) >= 11 is 3.24. The average molecular weight is 386 g/mol. The van der Waals surface area contributed by atoms with Gasteiger partial charge in [0.2, 0.25) is 5.91 Å². The number of carbonyl (C=O) groups excluding carboxylic acids is 1. The van der Waals surface area contributed by atoms with Gasteiger partial charge in [-0.05, 0) is 35.4 Å². The summed E-state index contributed by atoms with van der Waals surface area (Å²) in [7, 11) is 1.63. The van der Waals surface area contributed by atoms with Crippen molar-refractivity contribution in [2.24, 2.45) is 0 Å². The second-order valence-electron chi connectivity index (χ2n) is 5.55. The average Bonchev–Trinajstić information content (AvgIpc) is 3.13. The SMILES string of the molecule is COc1ccc(CNC(=O)Cc2csc(SCc3ccncc3)n2)cc1. The standard InChI is InChI=1S/C19H19N3O2S2/c1-24-17-4-2-14(3-5-17)11-21-18(23)10-16-13-26-19(22-16)25-12-15-6-8-20-9-7-15/h2-9,13H,10-12H2,1H3,(H,21,23). The fourth-order valence-corrected chi connectivity index (χ4v) is 4.03. The van der Waals surface area contributed by atoms with E-state index in [4.69, 9.17) is 4.74 Å². The van der Waals surface area contributed by atoms with Crippen molar-refractivity contribution in [3.05, 3.63) is 71.0 Å². The molecule has 0 bridgehead atoms. The van der Waals surface area contributed by atoms with Gasteiger partial charge in [0.15, 0.2) is 0 Å². The van der Waals surface area contributed by atoms with Gasteiger partial charge in [-0.25, -0.2) is 4.98 Å². The summed E-state index contributed by atoms with van der Waals surface area (Å²) in [6, 6.07) is 11.6. The third-order valence-corrected chi connectivity index (χ3v) is 5.77. The third kappa shape index (κ3) is 5.57. The molecule has 5 nitrogen and oxygen atoms in total. The Bertz CT molecular complexity index is 836. The molecule has 0 radical (unpaired) electrons. The fourth-order valence-electron chi connectivity index (χ4n) is 2.23. The Labute approximate surface area is 160 Å². The second-order valence-corrected chi connectivity index (χ2v) is 7.63. The van der Waals surface area contributed by atoms with Gasteiger partial charge in [0.25, 0.3) is 0 Å². The highest BCUT2D eigenvalue weighted by molar-refractivity contribution is 8.00. The van der Waals surface area contributed by atoms with Gasteiger partial charge < -0.3 is 10.1 Å². The summed E-state index contributed by atoms with van der Waals surface area (Å²) in [5.41, 5.74) is 3.05. The zero-order chi connectivity index (χ0) is 18.2. The first-order chi connectivity index (χ1) is 12.7. The molecule has 1 N–H and O–H groups in total. The van der Waals surface area contributed by atoms with Gasteiger partial charge in [0.05, 0.1) is 19.2 Å². The summed E-state index contributed by atoms with van der Waals surface area (Å²) in [6.07, 6.45) is 3.87. The highest BCUT2D eigenvalue weighted by Crippen LogP contribution is 2.26. The molecule has 0 saturated carbocycles. The molecule has 0 fully saturated rings. The van der Waals surface area contributed by atoms with Crippen LogP contribution in [0.25, 0.3) is 0 Å². The topological polar surface area (TPSA) is 64.1 Å². The maximum Gasteiger partial charge on any atom is 0.226 e. The number of hydrogen-bond donors (Lipinski definition) is 1. The summed E-state index contributed by atoms with van der Waals surface area (Å²) in [6.45, 7) is 0.497. The molecule has 0 spiro atoms. The van der Waals surface area contributed by atoms with E-state index in [-0.39, 0.29) is 5.91 Å². The van der Waals surface area contributed by atoms with Crippen LogP contribution in [0.2, 0.25) is 0 Å². The number of amides is 1. The van der Waals surface area contributed by atoms with Crippen LogP contribution in [0.15, 0.2) is 58.5 Å². The predicted octanol–water partition coefficient (Wildman–Crippen LogP) is 3.70. The molecule has 1 aromatic carbocycles. The van der Waals surface area contributed by atoms with Gasteiger partial charge in [-0.1, -0.05) is 23.9 Å². The van der Waals surface area contributed by atoms with Crippen LogP contribution in [0.3, 0.4) is 0 Å². The lowest BCUT2D eigenvalue weighted by atomic mass is 10.2. The molecule has 0 unspecified atom stereocenters. The minimum absolute atomic E-state index is 0.0307. The Balaban J connectivity index is 1.44. The molecular weight excluding hydrogens is 366 g/mol. The molecule has 2 aromatic heterocycles. The van der Waals surface area contributed by atoms with Crippen LogP contribution in [-0.4, -0.2) is 23.0 Å². The Morgan fingerprint density at radius 1 is 1.15 bits per heavy atom. The van der Waals surface area contributed by atoms with E-state index >= 15 is 0 Å². The largest absolute Gasteiger partial charge is 0.497 e. The number of benzene rings is 1. The molecule has 0 aliphatic rings. The summed E-state index contributed by atoms with van der Waals surface area (Å²) in [5.74, 6) is 1.62. The lowest BCUT2D eigenvalue weighted by Crippen LogP contribution is -2.24. The van der Waals surface area contributed by atoms with E-state index in [1.165, 1.54) is 5.56 Å². The van der Waals surface area contributed by atoms with Crippen molar-refractivity contribution in [3.8, 4) is 5.75 Å². The Kier molecular flexibility index (Phi) is 6.62.